The number of rotatable bonds is 3. The lowest BCUT2D eigenvalue weighted by Gasteiger charge is -2.19. The van der Waals surface area contributed by atoms with Gasteiger partial charge in [0, 0.05) is 12.1 Å². The minimum absolute atomic E-state index is 0.0684. The minimum atomic E-state index is 0.0684. The second-order valence-corrected chi connectivity index (χ2v) is 5.85. The first-order valence-corrected chi connectivity index (χ1v) is 6.43. The van der Waals surface area contributed by atoms with E-state index < -0.39 is 0 Å². The van der Waals surface area contributed by atoms with E-state index in [4.69, 9.17) is 4.42 Å². The monoisotopic (exact) mass is 251 g/mol. The van der Waals surface area contributed by atoms with Crippen molar-refractivity contribution >= 4 is 11.3 Å². The molecule has 4 nitrogen and oxygen atoms in total. The highest BCUT2D eigenvalue weighted by Gasteiger charge is 2.17. The molecule has 2 aromatic heterocycles. The molecule has 0 spiro atoms. The minimum Gasteiger partial charge on any atom is -0.442 e. The normalized spacial score (nSPS) is 12.0. The third kappa shape index (κ3) is 2.92. The lowest BCUT2D eigenvalue weighted by atomic mass is 10.1. The van der Waals surface area contributed by atoms with Gasteiger partial charge in [-0.3, -0.25) is 0 Å². The molecule has 0 fully saturated rings. The van der Waals surface area contributed by atoms with Crippen LogP contribution in [0.15, 0.2) is 16.3 Å². The van der Waals surface area contributed by atoms with Gasteiger partial charge in [-0.2, -0.15) is 0 Å². The van der Waals surface area contributed by atoms with Gasteiger partial charge >= 0.3 is 0 Å². The Hall–Kier alpha value is -1.20. The van der Waals surface area contributed by atoms with E-state index >= 15 is 0 Å². The van der Waals surface area contributed by atoms with Crippen LogP contribution >= 0.6 is 11.3 Å². The lowest BCUT2D eigenvalue weighted by molar-refractivity contribution is 0.421. The molecule has 0 aliphatic heterocycles. The Morgan fingerprint density at radius 2 is 2.12 bits per heavy atom. The van der Waals surface area contributed by atoms with Crippen molar-refractivity contribution in [1.29, 1.82) is 0 Å². The fraction of sp³-hybridized carbons (Fsp3) is 0.500. The van der Waals surface area contributed by atoms with E-state index in [1.807, 2.05) is 12.4 Å². The zero-order valence-electron chi connectivity index (χ0n) is 10.6. The third-order valence-electron chi connectivity index (χ3n) is 2.38. The van der Waals surface area contributed by atoms with Crippen molar-refractivity contribution in [1.82, 2.24) is 15.3 Å². The first kappa shape index (κ1) is 12.3. The highest BCUT2D eigenvalue weighted by molar-refractivity contribution is 7.13. The lowest BCUT2D eigenvalue weighted by Crippen LogP contribution is -2.35. The molecule has 1 N–H and O–H groups in total. The van der Waals surface area contributed by atoms with Crippen molar-refractivity contribution in [3.05, 3.63) is 23.3 Å². The molecule has 5 heteroatoms. The smallest absolute Gasteiger partial charge is 0.181 e. The van der Waals surface area contributed by atoms with Crippen molar-refractivity contribution in [3.8, 4) is 10.6 Å². The summed E-state index contributed by atoms with van der Waals surface area (Å²) in [5, 5.41) is 3.41. The van der Waals surface area contributed by atoms with Gasteiger partial charge in [-0.1, -0.05) is 0 Å². The molecule has 2 rings (SSSR count). The standard InChI is InChI=1S/C12H17N3OS/c1-8-11(17-7-14-8)10-9(13-6-16-10)5-15-12(2,3)4/h6-7,15H,5H2,1-4H3. The van der Waals surface area contributed by atoms with Crippen LogP contribution < -0.4 is 5.32 Å². The fourth-order valence-corrected chi connectivity index (χ4v) is 2.26. The zero-order chi connectivity index (χ0) is 12.5. The van der Waals surface area contributed by atoms with Crippen LogP contribution in [0.2, 0.25) is 0 Å². The highest BCUT2D eigenvalue weighted by atomic mass is 32.1. The Balaban J connectivity index is 2.21. The van der Waals surface area contributed by atoms with E-state index in [1.54, 1.807) is 11.3 Å². The van der Waals surface area contributed by atoms with Crippen molar-refractivity contribution in [2.75, 3.05) is 0 Å². The van der Waals surface area contributed by atoms with E-state index in [0.717, 1.165) is 22.0 Å². The molecule has 0 unspecified atom stereocenters. The molecule has 0 bridgehead atoms. The predicted molar refractivity (Wildman–Crippen MR) is 68.9 cm³/mol. The number of nitrogens with zero attached hydrogens (tertiary/aromatic N) is 2. The van der Waals surface area contributed by atoms with Crippen LogP contribution in [0.3, 0.4) is 0 Å². The van der Waals surface area contributed by atoms with Crippen molar-refractivity contribution in [2.45, 2.75) is 39.8 Å². The van der Waals surface area contributed by atoms with Crippen molar-refractivity contribution < 1.29 is 4.42 Å². The molecule has 0 aromatic carbocycles. The van der Waals surface area contributed by atoms with Gasteiger partial charge in [0.15, 0.2) is 12.2 Å². The third-order valence-corrected chi connectivity index (χ3v) is 3.31. The Bertz CT molecular complexity index is 496. The molecular weight excluding hydrogens is 234 g/mol. The maximum absolute atomic E-state index is 5.47. The van der Waals surface area contributed by atoms with E-state index in [1.165, 1.54) is 6.39 Å². The van der Waals surface area contributed by atoms with Crippen LogP contribution in [0.4, 0.5) is 0 Å². The molecule has 2 heterocycles. The second kappa shape index (κ2) is 4.58. The Morgan fingerprint density at radius 1 is 1.35 bits per heavy atom. The highest BCUT2D eigenvalue weighted by Crippen LogP contribution is 2.29. The Kier molecular flexibility index (Phi) is 3.31. The summed E-state index contributed by atoms with van der Waals surface area (Å²) in [6.07, 6.45) is 1.49. The summed E-state index contributed by atoms with van der Waals surface area (Å²) in [6, 6.07) is 0. The first-order valence-electron chi connectivity index (χ1n) is 5.55. The van der Waals surface area contributed by atoms with Gasteiger partial charge in [0.25, 0.3) is 0 Å². The van der Waals surface area contributed by atoms with Crippen LogP contribution in [0.5, 0.6) is 0 Å². The summed E-state index contributed by atoms with van der Waals surface area (Å²) in [5.41, 5.74) is 3.82. The zero-order valence-corrected chi connectivity index (χ0v) is 11.4. The van der Waals surface area contributed by atoms with Gasteiger partial charge in [0.05, 0.1) is 16.1 Å². The second-order valence-electron chi connectivity index (χ2n) is 5.00. The summed E-state index contributed by atoms with van der Waals surface area (Å²) < 4.78 is 5.47. The predicted octanol–water partition coefficient (Wildman–Crippen LogP) is 2.99. The van der Waals surface area contributed by atoms with Gasteiger partial charge in [-0.15, -0.1) is 11.3 Å². The van der Waals surface area contributed by atoms with Gasteiger partial charge in [-0.05, 0) is 27.7 Å². The number of aromatic nitrogens is 2. The summed E-state index contributed by atoms with van der Waals surface area (Å²) in [7, 11) is 0. The molecule has 17 heavy (non-hydrogen) atoms. The van der Waals surface area contributed by atoms with Crippen molar-refractivity contribution in [3.63, 3.8) is 0 Å². The average molecular weight is 251 g/mol. The molecule has 0 amide bonds. The van der Waals surface area contributed by atoms with Gasteiger partial charge < -0.3 is 9.73 Å². The van der Waals surface area contributed by atoms with E-state index in [-0.39, 0.29) is 5.54 Å². The molecule has 0 atom stereocenters. The van der Waals surface area contributed by atoms with E-state index in [2.05, 4.69) is 36.1 Å². The SMILES string of the molecule is Cc1ncsc1-c1ocnc1CNC(C)(C)C. The van der Waals surface area contributed by atoms with Crippen molar-refractivity contribution in [2.24, 2.45) is 0 Å². The van der Waals surface area contributed by atoms with Crippen LogP contribution in [-0.2, 0) is 6.54 Å². The average Bonchev–Trinajstić information content (AvgIpc) is 2.81. The van der Waals surface area contributed by atoms with E-state index in [9.17, 15) is 0 Å². The molecule has 2 aromatic rings. The number of nitrogens with one attached hydrogen (secondary N) is 1. The molecule has 0 saturated carbocycles. The molecule has 0 aliphatic carbocycles. The maximum Gasteiger partial charge on any atom is 0.181 e. The summed E-state index contributed by atoms with van der Waals surface area (Å²) >= 11 is 1.58. The number of aryl methyl sites for hydroxylation is 1. The molecule has 0 aliphatic rings. The largest absolute Gasteiger partial charge is 0.442 e. The summed E-state index contributed by atoms with van der Waals surface area (Å²) in [4.78, 5) is 9.56. The van der Waals surface area contributed by atoms with Gasteiger partial charge in [0.2, 0.25) is 0 Å². The summed E-state index contributed by atoms with van der Waals surface area (Å²) in [6.45, 7) is 9.07. The molecular formula is C12H17N3OS. The van der Waals surface area contributed by atoms with Crippen LogP contribution in [0, 0.1) is 6.92 Å². The Morgan fingerprint density at radius 3 is 2.71 bits per heavy atom. The quantitative estimate of drug-likeness (QED) is 0.911. The number of oxazole rings is 1. The Labute approximate surface area is 105 Å². The van der Waals surface area contributed by atoms with Crippen LogP contribution in [-0.4, -0.2) is 15.5 Å². The number of thiazole rings is 1. The van der Waals surface area contributed by atoms with Crippen LogP contribution in [0.25, 0.3) is 10.6 Å². The van der Waals surface area contributed by atoms with Crippen LogP contribution in [0.1, 0.15) is 32.2 Å². The maximum atomic E-state index is 5.47. The molecule has 0 radical (unpaired) electrons. The first-order chi connectivity index (χ1) is 7.97. The number of hydrogen-bond acceptors (Lipinski definition) is 5. The molecule has 92 valence electrons. The summed E-state index contributed by atoms with van der Waals surface area (Å²) in [5.74, 6) is 0.835. The van der Waals surface area contributed by atoms with Gasteiger partial charge in [0.1, 0.15) is 5.69 Å². The van der Waals surface area contributed by atoms with Gasteiger partial charge in [-0.25, -0.2) is 9.97 Å². The van der Waals surface area contributed by atoms with E-state index in [0.29, 0.717) is 6.54 Å². The topological polar surface area (TPSA) is 51.0 Å². The number of hydrogen-bond donors (Lipinski definition) is 1. The molecule has 0 saturated heterocycles. The fourth-order valence-electron chi connectivity index (χ4n) is 1.45.